The third-order valence-corrected chi connectivity index (χ3v) is 1.75. The summed E-state index contributed by atoms with van der Waals surface area (Å²) in [5, 5.41) is 0. The van der Waals surface area contributed by atoms with E-state index in [0.717, 1.165) is 7.11 Å². The first-order chi connectivity index (χ1) is 7.59. The number of hydrogen-bond donors (Lipinski definition) is 0. The lowest BCUT2D eigenvalue weighted by atomic mass is 10.1. The Morgan fingerprint density at radius 3 is 2.06 bits per heavy atom. The molecule has 0 aromatic carbocycles. The van der Waals surface area contributed by atoms with E-state index in [4.69, 9.17) is 0 Å². The molecule has 96 valence electrons. The van der Waals surface area contributed by atoms with E-state index in [0.29, 0.717) is 0 Å². The fourth-order valence-corrected chi connectivity index (χ4v) is 1.09. The van der Waals surface area contributed by atoms with Gasteiger partial charge >= 0.3 is 18.3 Å². The van der Waals surface area contributed by atoms with Crippen molar-refractivity contribution in [3.8, 4) is 0 Å². The Balaban J connectivity index is 3.47. The van der Waals surface area contributed by atoms with E-state index < -0.39 is 35.2 Å². The van der Waals surface area contributed by atoms with E-state index in [1.54, 1.807) is 0 Å². The molecule has 0 aliphatic heterocycles. The maximum atomic E-state index is 12.4. The Bertz CT molecular complexity index is 427. The van der Waals surface area contributed by atoms with Gasteiger partial charge in [-0.05, 0) is 0 Å². The molecule has 0 unspecified atom stereocenters. The SMILES string of the molecule is COC(=O)c1occ(C(F)(F)F)c1C(F)(F)F. The maximum Gasteiger partial charge on any atom is 0.420 e. The van der Waals surface area contributed by atoms with Gasteiger partial charge in [-0.3, -0.25) is 0 Å². The highest BCUT2D eigenvalue weighted by molar-refractivity contribution is 5.88. The van der Waals surface area contributed by atoms with E-state index in [-0.39, 0.29) is 6.26 Å². The molecule has 0 atom stereocenters. The van der Waals surface area contributed by atoms with E-state index in [1.165, 1.54) is 0 Å². The van der Waals surface area contributed by atoms with Crippen molar-refractivity contribution in [3.05, 3.63) is 23.2 Å². The number of halogens is 6. The molecule has 0 aliphatic carbocycles. The smallest absolute Gasteiger partial charge is 0.420 e. The Kier molecular flexibility index (Phi) is 3.13. The van der Waals surface area contributed by atoms with Crippen LogP contribution in [0.25, 0.3) is 0 Å². The molecule has 0 fully saturated rings. The zero-order chi connectivity index (χ0) is 13.4. The molecule has 1 aromatic rings. The van der Waals surface area contributed by atoms with Crippen molar-refractivity contribution in [2.75, 3.05) is 7.11 Å². The largest absolute Gasteiger partial charge is 0.463 e. The van der Waals surface area contributed by atoms with Gasteiger partial charge in [0.05, 0.1) is 7.11 Å². The van der Waals surface area contributed by atoms with E-state index >= 15 is 0 Å². The third-order valence-electron chi connectivity index (χ3n) is 1.75. The highest BCUT2D eigenvalue weighted by atomic mass is 19.4. The summed E-state index contributed by atoms with van der Waals surface area (Å²) in [7, 11) is 0.721. The fraction of sp³-hybridized carbons (Fsp3) is 0.375. The van der Waals surface area contributed by atoms with Crippen molar-refractivity contribution in [2.24, 2.45) is 0 Å². The normalized spacial score (nSPS) is 12.6. The molecular weight excluding hydrogens is 258 g/mol. The van der Waals surface area contributed by atoms with Crippen LogP contribution >= 0.6 is 0 Å². The van der Waals surface area contributed by atoms with Crippen LogP contribution in [0.15, 0.2) is 10.7 Å². The van der Waals surface area contributed by atoms with Gasteiger partial charge in [-0.1, -0.05) is 0 Å². The standard InChI is InChI=1S/C8H4F6O3/c1-16-6(15)5-4(8(12,13)14)3(2-17-5)7(9,10)11/h2H,1H3. The van der Waals surface area contributed by atoms with Crippen LogP contribution in [0.5, 0.6) is 0 Å². The highest BCUT2D eigenvalue weighted by Gasteiger charge is 2.49. The number of carbonyl (C=O) groups is 1. The number of carbonyl (C=O) groups excluding carboxylic acids is 1. The first kappa shape index (κ1) is 13.4. The highest BCUT2D eigenvalue weighted by Crippen LogP contribution is 2.43. The Labute approximate surface area is 90.0 Å². The second kappa shape index (κ2) is 3.97. The Morgan fingerprint density at radius 1 is 1.18 bits per heavy atom. The lowest BCUT2D eigenvalue weighted by Gasteiger charge is -2.10. The fourth-order valence-electron chi connectivity index (χ4n) is 1.09. The molecule has 0 spiro atoms. The molecule has 1 heterocycles. The van der Waals surface area contributed by atoms with Gasteiger partial charge in [-0.2, -0.15) is 26.3 Å². The van der Waals surface area contributed by atoms with Crippen LogP contribution in [0.4, 0.5) is 26.3 Å². The molecule has 0 radical (unpaired) electrons. The van der Waals surface area contributed by atoms with Crippen molar-refractivity contribution in [3.63, 3.8) is 0 Å². The van der Waals surface area contributed by atoms with E-state index in [9.17, 15) is 31.1 Å². The van der Waals surface area contributed by atoms with Crippen molar-refractivity contribution >= 4 is 5.97 Å². The molecule has 1 aromatic heterocycles. The lowest BCUT2D eigenvalue weighted by Crippen LogP contribution is -2.18. The van der Waals surface area contributed by atoms with Crippen LogP contribution in [0.1, 0.15) is 21.7 Å². The van der Waals surface area contributed by atoms with Crippen LogP contribution in [0, 0.1) is 0 Å². The minimum absolute atomic E-state index is 0.172. The van der Waals surface area contributed by atoms with Gasteiger partial charge in [0.15, 0.2) is 0 Å². The maximum absolute atomic E-state index is 12.4. The predicted octanol–water partition coefficient (Wildman–Crippen LogP) is 3.10. The molecule has 1 rings (SSSR count). The van der Waals surface area contributed by atoms with Crippen molar-refractivity contribution in [1.29, 1.82) is 0 Å². The van der Waals surface area contributed by atoms with Crippen LogP contribution in [0.3, 0.4) is 0 Å². The molecular formula is C8H4F6O3. The Hall–Kier alpha value is -1.67. The van der Waals surface area contributed by atoms with Gasteiger partial charge in [0.25, 0.3) is 0 Å². The summed E-state index contributed by atoms with van der Waals surface area (Å²) < 4.78 is 81.8. The average Bonchev–Trinajstić information content (AvgIpc) is 2.59. The molecule has 0 saturated heterocycles. The second-order valence-corrected chi connectivity index (χ2v) is 2.84. The van der Waals surface area contributed by atoms with Crippen molar-refractivity contribution < 1.29 is 40.3 Å². The summed E-state index contributed by atoms with van der Waals surface area (Å²) >= 11 is 0. The minimum atomic E-state index is -5.37. The van der Waals surface area contributed by atoms with Crippen LogP contribution in [-0.4, -0.2) is 13.1 Å². The number of esters is 1. The molecule has 0 N–H and O–H groups in total. The Morgan fingerprint density at radius 2 is 1.71 bits per heavy atom. The van der Waals surface area contributed by atoms with E-state index in [1.807, 2.05) is 0 Å². The van der Waals surface area contributed by atoms with Crippen molar-refractivity contribution in [2.45, 2.75) is 12.4 Å². The minimum Gasteiger partial charge on any atom is -0.463 e. The summed E-state index contributed by atoms with van der Waals surface area (Å²) in [5.41, 5.74) is -4.25. The number of methoxy groups -OCH3 is 1. The van der Waals surface area contributed by atoms with Gasteiger partial charge in [-0.15, -0.1) is 0 Å². The van der Waals surface area contributed by atoms with Gasteiger partial charge in [-0.25, -0.2) is 4.79 Å². The number of furan rings is 1. The van der Waals surface area contributed by atoms with Gasteiger partial charge < -0.3 is 9.15 Å². The first-order valence-corrected chi connectivity index (χ1v) is 3.93. The summed E-state index contributed by atoms with van der Waals surface area (Å²) in [4.78, 5) is 10.8. The monoisotopic (exact) mass is 262 g/mol. The zero-order valence-electron chi connectivity index (χ0n) is 8.07. The third kappa shape index (κ3) is 2.53. The average molecular weight is 262 g/mol. The topological polar surface area (TPSA) is 39.4 Å². The first-order valence-electron chi connectivity index (χ1n) is 3.93. The molecule has 9 heteroatoms. The second-order valence-electron chi connectivity index (χ2n) is 2.84. The molecule has 0 saturated carbocycles. The van der Waals surface area contributed by atoms with Gasteiger partial charge in [0, 0.05) is 0 Å². The quantitative estimate of drug-likeness (QED) is 0.576. The predicted molar refractivity (Wildman–Crippen MR) is 40.1 cm³/mol. The molecule has 17 heavy (non-hydrogen) atoms. The molecule has 3 nitrogen and oxygen atoms in total. The van der Waals surface area contributed by atoms with Crippen molar-refractivity contribution in [1.82, 2.24) is 0 Å². The summed E-state index contributed by atoms with van der Waals surface area (Å²) in [5.74, 6) is -3.15. The molecule has 0 bridgehead atoms. The molecule has 0 aliphatic rings. The van der Waals surface area contributed by atoms with Crippen LogP contribution in [0.2, 0.25) is 0 Å². The number of ether oxygens (including phenoxy) is 1. The van der Waals surface area contributed by atoms with Gasteiger partial charge in [0.2, 0.25) is 5.76 Å². The summed E-state index contributed by atoms with van der Waals surface area (Å²) in [6.45, 7) is 0. The zero-order valence-corrected chi connectivity index (χ0v) is 8.07. The number of hydrogen-bond acceptors (Lipinski definition) is 3. The number of alkyl halides is 6. The number of rotatable bonds is 1. The lowest BCUT2D eigenvalue weighted by molar-refractivity contribution is -0.161. The van der Waals surface area contributed by atoms with Gasteiger partial charge in [0.1, 0.15) is 17.4 Å². The van der Waals surface area contributed by atoms with E-state index in [2.05, 4.69) is 9.15 Å². The molecule has 0 amide bonds. The summed E-state index contributed by atoms with van der Waals surface area (Å²) in [6, 6.07) is 0. The van der Waals surface area contributed by atoms with Crippen LogP contribution in [-0.2, 0) is 17.1 Å². The summed E-state index contributed by atoms with van der Waals surface area (Å²) in [6.07, 6.45) is -10.8. The van der Waals surface area contributed by atoms with Crippen LogP contribution < -0.4 is 0 Å².